The molecule has 0 saturated carbocycles. The highest BCUT2D eigenvalue weighted by Gasteiger charge is 2.24. The minimum Gasteiger partial charge on any atom is -0.378 e. The maximum absolute atomic E-state index is 13.3. The van der Waals surface area contributed by atoms with Crippen LogP contribution in [0.25, 0.3) is 44.7 Å². The van der Waals surface area contributed by atoms with E-state index in [0.717, 1.165) is 35.2 Å². The molecule has 0 spiro atoms. The smallest absolute Gasteiger partial charge is 0.321 e. The van der Waals surface area contributed by atoms with E-state index in [1.54, 1.807) is 35.9 Å². The largest absolute Gasteiger partial charge is 0.378 e. The van der Waals surface area contributed by atoms with Crippen molar-refractivity contribution in [2.24, 2.45) is 0 Å². The van der Waals surface area contributed by atoms with Gasteiger partial charge in [0.2, 0.25) is 0 Å². The molecule has 0 aliphatic carbocycles. The van der Waals surface area contributed by atoms with Crippen molar-refractivity contribution in [1.29, 1.82) is 0 Å². The van der Waals surface area contributed by atoms with Gasteiger partial charge in [0.1, 0.15) is 11.2 Å². The van der Waals surface area contributed by atoms with E-state index in [-0.39, 0.29) is 11.9 Å². The highest BCUT2D eigenvalue weighted by molar-refractivity contribution is 6.05. The number of carbonyl (C=O) groups is 2. The van der Waals surface area contributed by atoms with E-state index in [2.05, 4.69) is 47.4 Å². The van der Waals surface area contributed by atoms with Crippen molar-refractivity contribution in [3.63, 3.8) is 0 Å². The Hall–Kier alpha value is -4.95. The quantitative estimate of drug-likeness (QED) is 0.290. The number of carbonyl (C=O) groups excluding carboxylic acids is 2. The Kier molecular flexibility index (Phi) is 6.91. The molecule has 0 unspecified atom stereocenters. The summed E-state index contributed by atoms with van der Waals surface area (Å²) < 4.78 is 5.39. The van der Waals surface area contributed by atoms with Crippen LogP contribution in [0.2, 0.25) is 0 Å². The van der Waals surface area contributed by atoms with Crippen LogP contribution in [0.4, 0.5) is 10.5 Å². The Morgan fingerprint density at radius 3 is 2.56 bits per heavy atom. The normalized spacial score (nSPS) is 16.2. The molecule has 2 aliphatic rings. The molecule has 3 N–H and O–H groups in total. The number of aromatic amines is 2. The average molecular weight is 582 g/mol. The molecule has 14 nitrogen and oxygen atoms in total. The maximum Gasteiger partial charge on any atom is 0.321 e. The fourth-order valence-corrected chi connectivity index (χ4v) is 5.52. The number of hydrogen-bond acceptors (Lipinski definition) is 9. The predicted octanol–water partition coefficient (Wildman–Crippen LogP) is 2.52. The van der Waals surface area contributed by atoms with Crippen LogP contribution in [0, 0.1) is 6.92 Å². The molecule has 0 aromatic carbocycles. The van der Waals surface area contributed by atoms with Gasteiger partial charge in [-0.05, 0) is 25.6 Å². The number of hydrogen-bond donors (Lipinski definition) is 3. The number of anilines is 1. The summed E-state index contributed by atoms with van der Waals surface area (Å²) in [5, 5.41) is 11.2. The predicted molar refractivity (Wildman–Crippen MR) is 160 cm³/mol. The second kappa shape index (κ2) is 11.0. The zero-order chi connectivity index (χ0) is 29.5. The lowest BCUT2D eigenvalue weighted by Gasteiger charge is -2.32. The van der Waals surface area contributed by atoms with Gasteiger partial charge in [0.15, 0.2) is 11.5 Å². The Labute approximate surface area is 246 Å². The summed E-state index contributed by atoms with van der Waals surface area (Å²) in [6, 6.07) is 1.84. The molecule has 14 heteroatoms. The summed E-state index contributed by atoms with van der Waals surface area (Å²) in [5.74, 6) is 0.393. The Morgan fingerprint density at radius 1 is 0.953 bits per heavy atom. The topological polar surface area (TPSA) is 161 Å². The van der Waals surface area contributed by atoms with E-state index in [0.29, 0.717) is 78.8 Å². The summed E-state index contributed by atoms with van der Waals surface area (Å²) in [4.78, 5) is 53.3. The highest BCUT2D eigenvalue weighted by Crippen LogP contribution is 2.32. The summed E-state index contributed by atoms with van der Waals surface area (Å²) in [5.41, 5.74) is 5.95. The molecule has 7 rings (SSSR count). The highest BCUT2D eigenvalue weighted by atomic mass is 16.5. The number of nitrogens with zero attached hydrogens (tertiary/aromatic N) is 8. The molecule has 43 heavy (non-hydrogen) atoms. The first-order chi connectivity index (χ1) is 21.0. The van der Waals surface area contributed by atoms with Gasteiger partial charge in [-0.1, -0.05) is 0 Å². The van der Waals surface area contributed by atoms with Crippen LogP contribution in [0.3, 0.4) is 0 Å². The number of amides is 3. The number of imidazole rings is 1. The Morgan fingerprint density at radius 2 is 1.74 bits per heavy atom. The van der Waals surface area contributed by atoms with Crippen molar-refractivity contribution in [2.75, 3.05) is 64.8 Å². The standard InChI is InChI=1S/C29H31N11O3/c1-17-20(13-30-15-22(17)34-29(42)40-5-3-38(2)4-6-40)18-11-19-25(36-37-26(19)32-12-18)27-33-23-16-31-14-21(24(23)35-27)28(41)39-7-9-43-10-8-39/h11-16H,3-10H2,1-2H3,(H,33,35)(H,34,42)(H,32,36,37). The molecule has 3 amide bonds. The van der Waals surface area contributed by atoms with E-state index in [1.165, 1.54) is 0 Å². The number of ether oxygens (including phenoxy) is 1. The van der Waals surface area contributed by atoms with Gasteiger partial charge >= 0.3 is 6.03 Å². The van der Waals surface area contributed by atoms with Gasteiger partial charge < -0.3 is 29.7 Å². The second-order valence-electron chi connectivity index (χ2n) is 10.8. The molecule has 5 aromatic heterocycles. The minimum absolute atomic E-state index is 0.125. The van der Waals surface area contributed by atoms with E-state index >= 15 is 0 Å². The van der Waals surface area contributed by atoms with Crippen LogP contribution in [-0.2, 0) is 4.74 Å². The number of likely N-dealkylation sites (N-methyl/N-ethyl adjacent to an activating group) is 1. The van der Waals surface area contributed by atoms with Gasteiger partial charge in [-0.3, -0.25) is 19.9 Å². The van der Waals surface area contributed by atoms with Gasteiger partial charge in [-0.15, -0.1) is 0 Å². The van der Waals surface area contributed by atoms with E-state index in [9.17, 15) is 9.59 Å². The Balaban J connectivity index is 1.20. The van der Waals surface area contributed by atoms with E-state index < -0.39 is 0 Å². The van der Waals surface area contributed by atoms with Crippen LogP contribution >= 0.6 is 0 Å². The first-order valence-corrected chi connectivity index (χ1v) is 14.2. The maximum atomic E-state index is 13.3. The first kappa shape index (κ1) is 26.9. The van der Waals surface area contributed by atoms with Crippen LogP contribution in [0.1, 0.15) is 15.9 Å². The number of urea groups is 1. The molecular formula is C29H31N11O3. The zero-order valence-electron chi connectivity index (χ0n) is 23.9. The molecule has 5 aromatic rings. The second-order valence-corrected chi connectivity index (χ2v) is 10.8. The number of aromatic nitrogens is 7. The summed E-state index contributed by atoms with van der Waals surface area (Å²) in [6.07, 6.45) is 8.38. The van der Waals surface area contributed by atoms with Gasteiger partial charge in [-0.25, -0.2) is 14.8 Å². The molecule has 220 valence electrons. The fourth-order valence-electron chi connectivity index (χ4n) is 5.52. The molecule has 7 heterocycles. The first-order valence-electron chi connectivity index (χ1n) is 14.2. The van der Waals surface area contributed by atoms with Crippen LogP contribution < -0.4 is 5.32 Å². The molecule has 0 radical (unpaired) electrons. The monoisotopic (exact) mass is 581 g/mol. The van der Waals surface area contributed by atoms with Crippen molar-refractivity contribution in [2.45, 2.75) is 6.92 Å². The molecule has 0 atom stereocenters. The Bertz CT molecular complexity index is 1830. The average Bonchev–Trinajstić information content (AvgIpc) is 3.66. The van der Waals surface area contributed by atoms with Gasteiger partial charge in [0.25, 0.3) is 5.91 Å². The third kappa shape index (κ3) is 5.04. The van der Waals surface area contributed by atoms with Gasteiger partial charge in [-0.2, -0.15) is 5.10 Å². The van der Waals surface area contributed by atoms with Crippen LogP contribution in [-0.4, -0.2) is 121 Å². The SMILES string of the molecule is Cc1c(NC(=O)N2CCN(C)CC2)cncc1-c1cnc2n[nH]c(-c3nc4c(C(=O)N5CCOCC5)cncc4[nH]3)c2c1. The molecule has 2 aliphatic heterocycles. The lowest BCUT2D eigenvalue weighted by atomic mass is 10.0. The number of pyridine rings is 3. The van der Waals surface area contributed by atoms with Crippen molar-refractivity contribution in [3.05, 3.63) is 48.2 Å². The van der Waals surface area contributed by atoms with E-state index in [1.807, 2.05) is 17.9 Å². The number of H-pyrrole nitrogens is 2. The molecule has 0 bridgehead atoms. The summed E-state index contributed by atoms with van der Waals surface area (Å²) in [7, 11) is 2.05. The summed E-state index contributed by atoms with van der Waals surface area (Å²) in [6.45, 7) is 7.08. The summed E-state index contributed by atoms with van der Waals surface area (Å²) >= 11 is 0. The van der Waals surface area contributed by atoms with Gasteiger partial charge in [0, 0.05) is 69.0 Å². The van der Waals surface area contributed by atoms with Crippen LogP contribution in [0.15, 0.2) is 37.1 Å². The minimum atomic E-state index is -0.133. The van der Waals surface area contributed by atoms with E-state index in [4.69, 9.17) is 9.72 Å². The van der Waals surface area contributed by atoms with Gasteiger partial charge in [0.05, 0.1) is 47.8 Å². The van der Waals surface area contributed by atoms with Crippen molar-refractivity contribution in [3.8, 4) is 22.6 Å². The fraction of sp³-hybridized carbons (Fsp3) is 0.345. The zero-order valence-corrected chi connectivity index (χ0v) is 23.9. The molecule has 2 fully saturated rings. The van der Waals surface area contributed by atoms with Crippen LogP contribution in [0.5, 0.6) is 0 Å². The number of rotatable bonds is 4. The lowest BCUT2D eigenvalue weighted by Crippen LogP contribution is -2.48. The number of fused-ring (bicyclic) bond motifs is 2. The third-order valence-corrected chi connectivity index (χ3v) is 8.13. The molecule has 2 saturated heterocycles. The number of morpholine rings is 1. The lowest BCUT2D eigenvalue weighted by molar-refractivity contribution is 0.0304. The molecular weight excluding hydrogens is 550 g/mol. The van der Waals surface area contributed by atoms with Crippen molar-refractivity contribution >= 4 is 39.7 Å². The van der Waals surface area contributed by atoms with Crippen molar-refractivity contribution < 1.29 is 14.3 Å². The number of piperazine rings is 1. The number of nitrogens with one attached hydrogen (secondary N) is 3. The van der Waals surface area contributed by atoms with Crippen molar-refractivity contribution in [1.82, 2.24) is 49.8 Å². The third-order valence-electron chi connectivity index (χ3n) is 8.13.